The van der Waals surface area contributed by atoms with E-state index in [4.69, 9.17) is 9.47 Å². The highest BCUT2D eigenvalue weighted by Gasteiger charge is 2.20. The van der Waals surface area contributed by atoms with Crippen LogP contribution in [0.15, 0.2) is 54.6 Å². The topological polar surface area (TPSA) is 93.7 Å². The minimum atomic E-state index is -1.11. The van der Waals surface area contributed by atoms with E-state index in [1.165, 1.54) is 26.1 Å². The zero-order valence-electron chi connectivity index (χ0n) is 13.8. The predicted octanol–water partition coefficient (Wildman–Crippen LogP) is 2.48. The van der Waals surface area contributed by atoms with Gasteiger partial charge in [-0.1, -0.05) is 18.2 Å². The van der Waals surface area contributed by atoms with Crippen LogP contribution in [0, 0.1) is 0 Å². The third-order valence-electron chi connectivity index (χ3n) is 3.19. The van der Waals surface area contributed by atoms with Crippen molar-refractivity contribution in [3.05, 3.63) is 60.2 Å². The monoisotopic (exact) mass is 342 g/mol. The van der Waals surface area contributed by atoms with Gasteiger partial charge in [0.15, 0.2) is 6.10 Å². The minimum Gasteiger partial charge on any atom is -0.457 e. The van der Waals surface area contributed by atoms with E-state index in [1.54, 1.807) is 12.1 Å². The van der Waals surface area contributed by atoms with Crippen LogP contribution >= 0.6 is 0 Å². The SMILES string of the molecule is CNC(=O)NC(=O)C(C)OC(=O)c1ccc(Oc2ccccc2)cc1. The second kappa shape index (κ2) is 8.49. The molecule has 0 spiro atoms. The number of esters is 1. The molecule has 0 saturated carbocycles. The van der Waals surface area contributed by atoms with Crippen molar-refractivity contribution in [3.8, 4) is 11.5 Å². The number of imide groups is 1. The maximum Gasteiger partial charge on any atom is 0.338 e. The van der Waals surface area contributed by atoms with Crippen molar-refractivity contribution in [2.45, 2.75) is 13.0 Å². The van der Waals surface area contributed by atoms with Crippen LogP contribution in [0.4, 0.5) is 4.79 Å². The highest BCUT2D eigenvalue weighted by molar-refractivity contribution is 5.98. The summed E-state index contributed by atoms with van der Waals surface area (Å²) in [4.78, 5) is 34.8. The normalized spacial score (nSPS) is 11.1. The van der Waals surface area contributed by atoms with Gasteiger partial charge in [-0.15, -0.1) is 0 Å². The first-order valence-corrected chi connectivity index (χ1v) is 7.56. The molecule has 130 valence electrons. The summed E-state index contributed by atoms with van der Waals surface area (Å²) in [5, 5.41) is 4.27. The summed E-state index contributed by atoms with van der Waals surface area (Å²) in [7, 11) is 1.37. The molecule has 0 aliphatic carbocycles. The molecule has 2 aromatic carbocycles. The summed E-state index contributed by atoms with van der Waals surface area (Å²) in [5.41, 5.74) is 0.264. The first-order chi connectivity index (χ1) is 12.0. The lowest BCUT2D eigenvalue weighted by atomic mass is 10.2. The molecule has 0 bridgehead atoms. The van der Waals surface area contributed by atoms with Crippen LogP contribution in [-0.2, 0) is 9.53 Å². The molecule has 0 aromatic heterocycles. The first-order valence-electron chi connectivity index (χ1n) is 7.56. The zero-order valence-corrected chi connectivity index (χ0v) is 13.8. The van der Waals surface area contributed by atoms with Gasteiger partial charge in [0, 0.05) is 7.05 Å². The van der Waals surface area contributed by atoms with Crippen LogP contribution in [0.5, 0.6) is 11.5 Å². The van der Waals surface area contributed by atoms with Crippen molar-refractivity contribution in [1.82, 2.24) is 10.6 Å². The average Bonchev–Trinajstić information content (AvgIpc) is 2.62. The van der Waals surface area contributed by atoms with Crippen molar-refractivity contribution in [2.24, 2.45) is 0 Å². The van der Waals surface area contributed by atoms with Gasteiger partial charge in [0.05, 0.1) is 5.56 Å². The molecule has 7 nitrogen and oxygen atoms in total. The molecular formula is C18H18N2O5. The lowest BCUT2D eigenvalue weighted by Crippen LogP contribution is -2.43. The number of amides is 3. The Labute approximate surface area is 144 Å². The molecule has 2 rings (SSSR count). The molecule has 1 unspecified atom stereocenters. The van der Waals surface area contributed by atoms with Gasteiger partial charge in [-0.2, -0.15) is 0 Å². The highest BCUT2D eigenvalue weighted by Crippen LogP contribution is 2.21. The van der Waals surface area contributed by atoms with E-state index in [0.717, 1.165) is 0 Å². The Morgan fingerprint density at radius 3 is 2.12 bits per heavy atom. The van der Waals surface area contributed by atoms with Crippen LogP contribution in [0.2, 0.25) is 0 Å². The molecule has 25 heavy (non-hydrogen) atoms. The molecule has 0 radical (unpaired) electrons. The van der Waals surface area contributed by atoms with E-state index in [-0.39, 0.29) is 5.56 Å². The lowest BCUT2D eigenvalue weighted by Gasteiger charge is -2.13. The highest BCUT2D eigenvalue weighted by atomic mass is 16.5. The summed E-state index contributed by atoms with van der Waals surface area (Å²) >= 11 is 0. The predicted molar refractivity (Wildman–Crippen MR) is 90.4 cm³/mol. The number of ether oxygens (including phenoxy) is 2. The summed E-state index contributed by atoms with van der Waals surface area (Å²) in [6, 6.07) is 14.9. The number of carbonyl (C=O) groups is 3. The number of benzene rings is 2. The van der Waals surface area contributed by atoms with Crippen LogP contribution in [0.3, 0.4) is 0 Å². The molecule has 0 aliphatic rings. The Bertz CT molecular complexity index is 744. The van der Waals surface area contributed by atoms with Crippen molar-refractivity contribution >= 4 is 17.9 Å². The van der Waals surface area contributed by atoms with Crippen molar-refractivity contribution < 1.29 is 23.9 Å². The number of carbonyl (C=O) groups excluding carboxylic acids is 3. The minimum absolute atomic E-state index is 0.264. The van der Waals surface area contributed by atoms with Crippen LogP contribution in [-0.4, -0.2) is 31.1 Å². The molecule has 2 aromatic rings. The number of para-hydroxylation sites is 1. The quantitative estimate of drug-likeness (QED) is 0.814. The Morgan fingerprint density at radius 2 is 1.52 bits per heavy atom. The first kappa shape index (κ1) is 18.0. The van der Waals surface area contributed by atoms with Gasteiger partial charge in [0.25, 0.3) is 5.91 Å². The van der Waals surface area contributed by atoms with Crippen molar-refractivity contribution in [3.63, 3.8) is 0 Å². The Morgan fingerprint density at radius 1 is 0.920 bits per heavy atom. The maximum absolute atomic E-state index is 12.0. The number of rotatable bonds is 5. The van der Waals surface area contributed by atoms with Crippen LogP contribution in [0.25, 0.3) is 0 Å². The van der Waals surface area contributed by atoms with Gasteiger partial charge in [0.1, 0.15) is 11.5 Å². The smallest absolute Gasteiger partial charge is 0.338 e. The number of urea groups is 1. The van der Waals surface area contributed by atoms with Gasteiger partial charge < -0.3 is 14.8 Å². The fraction of sp³-hybridized carbons (Fsp3) is 0.167. The Balaban J connectivity index is 1.93. The number of nitrogens with one attached hydrogen (secondary N) is 2. The van der Waals surface area contributed by atoms with Crippen LogP contribution < -0.4 is 15.4 Å². The average molecular weight is 342 g/mol. The summed E-state index contributed by atoms with van der Waals surface area (Å²) in [6.45, 7) is 1.38. The van der Waals surface area contributed by atoms with E-state index < -0.39 is 24.0 Å². The number of hydrogen-bond donors (Lipinski definition) is 2. The fourth-order valence-corrected chi connectivity index (χ4v) is 1.84. The zero-order chi connectivity index (χ0) is 18.2. The molecule has 0 heterocycles. The summed E-state index contributed by atoms with van der Waals surface area (Å²) in [5.74, 6) is -0.145. The second-order valence-electron chi connectivity index (χ2n) is 5.06. The van der Waals surface area contributed by atoms with Crippen molar-refractivity contribution in [2.75, 3.05) is 7.05 Å². The molecule has 0 saturated heterocycles. The van der Waals surface area contributed by atoms with E-state index in [9.17, 15) is 14.4 Å². The standard InChI is InChI=1S/C18H18N2O5/c1-12(16(21)20-18(23)19-2)24-17(22)13-8-10-15(11-9-13)25-14-6-4-3-5-7-14/h3-12H,1-2H3,(H2,19,20,21,23). The van der Waals surface area contributed by atoms with Gasteiger partial charge in [-0.25, -0.2) is 9.59 Å². The van der Waals surface area contributed by atoms with Crippen LogP contribution in [0.1, 0.15) is 17.3 Å². The summed E-state index contributed by atoms with van der Waals surface area (Å²) < 4.78 is 10.7. The molecule has 2 N–H and O–H groups in total. The molecule has 0 aliphatic heterocycles. The van der Waals surface area contributed by atoms with E-state index >= 15 is 0 Å². The van der Waals surface area contributed by atoms with Gasteiger partial charge >= 0.3 is 12.0 Å². The summed E-state index contributed by atoms with van der Waals surface area (Å²) in [6.07, 6.45) is -1.11. The van der Waals surface area contributed by atoms with Gasteiger partial charge in [-0.3, -0.25) is 10.1 Å². The molecule has 0 fully saturated rings. The molecule has 1 atom stereocenters. The molecular weight excluding hydrogens is 324 g/mol. The third-order valence-corrected chi connectivity index (χ3v) is 3.19. The van der Waals surface area contributed by atoms with E-state index in [1.807, 2.05) is 35.6 Å². The maximum atomic E-state index is 12.0. The molecule has 7 heteroatoms. The van der Waals surface area contributed by atoms with E-state index in [2.05, 4.69) is 5.32 Å². The third kappa shape index (κ3) is 5.35. The lowest BCUT2D eigenvalue weighted by molar-refractivity contribution is -0.127. The van der Waals surface area contributed by atoms with Gasteiger partial charge in [-0.05, 0) is 43.3 Å². The largest absolute Gasteiger partial charge is 0.457 e. The number of hydrogen-bond acceptors (Lipinski definition) is 5. The van der Waals surface area contributed by atoms with Gasteiger partial charge in [0.2, 0.25) is 0 Å². The Hall–Kier alpha value is -3.35. The Kier molecular flexibility index (Phi) is 6.11. The van der Waals surface area contributed by atoms with Crippen molar-refractivity contribution in [1.29, 1.82) is 0 Å². The molecule has 3 amide bonds. The fourth-order valence-electron chi connectivity index (χ4n) is 1.84. The second-order valence-corrected chi connectivity index (χ2v) is 5.06. The van der Waals surface area contributed by atoms with E-state index in [0.29, 0.717) is 11.5 Å².